The highest BCUT2D eigenvalue weighted by Gasteiger charge is 2.34. The molecule has 0 saturated heterocycles. The highest BCUT2D eigenvalue weighted by molar-refractivity contribution is 5.30. The van der Waals surface area contributed by atoms with E-state index in [2.05, 4.69) is 37.6 Å². The average Bonchev–Trinajstić information content (AvgIpc) is 2.71. The molecule has 0 radical (unpaired) electrons. The Labute approximate surface area is 117 Å². The molecule has 2 nitrogen and oxygen atoms in total. The molecule has 2 aliphatic carbocycles. The fraction of sp³-hybridized carbons (Fsp3) is 0.765. The van der Waals surface area contributed by atoms with Crippen LogP contribution >= 0.6 is 0 Å². The number of fused-ring (bicyclic) bond motifs is 1. The molecule has 2 heteroatoms. The van der Waals surface area contributed by atoms with Gasteiger partial charge < -0.3 is 10.3 Å². The Bertz CT molecular complexity index is 458. The van der Waals surface area contributed by atoms with Crippen LogP contribution in [0.3, 0.4) is 0 Å². The van der Waals surface area contributed by atoms with Gasteiger partial charge in [-0.15, -0.1) is 0 Å². The Morgan fingerprint density at radius 3 is 2.84 bits per heavy atom. The molecule has 1 aromatic heterocycles. The van der Waals surface area contributed by atoms with Crippen LogP contribution in [0.1, 0.15) is 76.2 Å². The molecule has 3 rings (SSSR count). The third-order valence-electron chi connectivity index (χ3n) is 5.18. The fourth-order valence-electron chi connectivity index (χ4n) is 4.25. The summed E-state index contributed by atoms with van der Waals surface area (Å²) < 4.78 is 2.58. The summed E-state index contributed by atoms with van der Waals surface area (Å²) in [5.74, 6) is 0.877. The molecule has 1 saturated carbocycles. The maximum atomic E-state index is 6.38. The van der Waals surface area contributed by atoms with Crippen LogP contribution in [0.15, 0.2) is 12.3 Å². The van der Waals surface area contributed by atoms with Crippen LogP contribution in [-0.2, 0) is 6.42 Å². The molecule has 3 atom stereocenters. The summed E-state index contributed by atoms with van der Waals surface area (Å²) in [5.41, 5.74) is 9.67. The van der Waals surface area contributed by atoms with Crippen LogP contribution < -0.4 is 5.73 Å². The van der Waals surface area contributed by atoms with E-state index in [1.54, 1.807) is 0 Å². The van der Waals surface area contributed by atoms with Gasteiger partial charge in [0.25, 0.3) is 0 Å². The number of aromatic nitrogens is 1. The first-order valence-electron chi connectivity index (χ1n) is 7.91. The van der Waals surface area contributed by atoms with E-state index in [4.69, 9.17) is 5.73 Å². The zero-order valence-corrected chi connectivity index (χ0v) is 12.7. The highest BCUT2D eigenvalue weighted by atomic mass is 15.0. The van der Waals surface area contributed by atoms with Gasteiger partial charge in [-0.3, -0.25) is 0 Å². The second kappa shape index (κ2) is 4.66. The second-order valence-corrected chi connectivity index (χ2v) is 7.70. The summed E-state index contributed by atoms with van der Waals surface area (Å²) in [6.45, 7) is 7.12. The van der Waals surface area contributed by atoms with E-state index in [0.717, 1.165) is 12.3 Å². The van der Waals surface area contributed by atoms with Gasteiger partial charge in [0.15, 0.2) is 0 Å². The quantitative estimate of drug-likeness (QED) is 0.805. The van der Waals surface area contributed by atoms with Crippen molar-refractivity contribution < 1.29 is 0 Å². The van der Waals surface area contributed by atoms with Crippen LogP contribution in [0.4, 0.5) is 0 Å². The summed E-state index contributed by atoms with van der Waals surface area (Å²) >= 11 is 0. The van der Waals surface area contributed by atoms with E-state index in [1.165, 1.54) is 43.4 Å². The van der Waals surface area contributed by atoms with Gasteiger partial charge in [0, 0.05) is 24.0 Å². The van der Waals surface area contributed by atoms with Gasteiger partial charge in [0.2, 0.25) is 0 Å². The normalized spacial score (nSPS) is 34.0. The van der Waals surface area contributed by atoms with Gasteiger partial charge in [-0.2, -0.15) is 0 Å². The lowest BCUT2D eigenvalue weighted by molar-refractivity contribution is 0.247. The number of rotatable bonds is 1. The van der Waals surface area contributed by atoms with Gasteiger partial charge in [-0.05, 0) is 48.6 Å². The van der Waals surface area contributed by atoms with E-state index in [0.29, 0.717) is 11.5 Å². The van der Waals surface area contributed by atoms with E-state index >= 15 is 0 Å². The molecule has 106 valence electrons. The molecule has 0 aliphatic heterocycles. The van der Waals surface area contributed by atoms with E-state index in [1.807, 2.05) is 0 Å². The van der Waals surface area contributed by atoms with Crippen LogP contribution in [0, 0.1) is 11.3 Å². The largest absolute Gasteiger partial charge is 0.348 e. The lowest BCUT2D eigenvalue weighted by Crippen LogP contribution is -2.31. The van der Waals surface area contributed by atoms with Crippen molar-refractivity contribution in [3.05, 3.63) is 23.5 Å². The molecule has 19 heavy (non-hydrogen) atoms. The van der Waals surface area contributed by atoms with Crippen molar-refractivity contribution >= 4 is 0 Å². The number of nitrogens with two attached hydrogens (primary N) is 1. The van der Waals surface area contributed by atoms with Crippen molar-refractivity contribution in [2.24, 2.45) is 17.1 Å². The summed E-state index contributed by atoms with van der Waals surface area (Å²) in [7, 11) is 0. The molecule has 0 aromatic carbocycles. The van der Waals surface area contributed by atoms with Crippen molar-refractivity contribution in [3.63, 3.8) is 0 Å². The minimum absolute atomic E-state index is 0.237. The zero-order chi connectivity index (χ0) is 13.6. The molecule has 3 unspecified atom stereocenters. The van der Waals surface area contributed by atoms with Gasteiger partial charge in [0.05, 0.1) is 0 Å². The molecule has 1 aromatic rings. The monoisotopic (exact) mass is 260 g/mol. The van der Waals surface area contributed by atoms with Crippen LogP contribution in [0.25, 0.3) is 0 Å². The molecular formula is C17H28N2. The lowest BCUT2D eigenvalue weighted by atomic mass is 9.74. The van der Waals surface area contributed by atoms with Crippen molar-refractivity contribution in [1.82, 2.24) is 4.57 Å². The lowest BCUT2D eigenvalue weighted by Gasteiger charge is -2.37. The maximum absolute atomic E-state index is 6.38. The number of hydrogen-bond donors (Lipinski definition) is 1. The molecule has 0 bridgehead atoms. The Kier molecular flexibility index (Phi) is 3.24. The molecule has 1 fully saturated rings. The zero-order valence-electron chi connectivity index (χ0n) is 12.7. The Morgan fingerprint density at radius 1 is 1.32 bits per heavy atom. The Morgan fingerprint density at radius 2 is 2.11 bits per heavy atom. The van der Waals surface area contributed by atoms with Crippen molar-refractivity contribution in [3.8, 4) is 0 Å². The minimum Gasteiger partial charge on any atom is -0.348 e. The molecular weight excluding hydrogens is 232 g/mol. The number of hydrogen-bond acceptors (Lipinski definition) is 1. The summed E-state index contributed by atoms with van der Waals surface area (Å²) in [4.78, 5) is 0. The average molecular weight is 260 g/mol. The second-order valence-electron chi connectivity index (χ2n) is 7.70. The molecule has 2 N–H and O–H groups in total. The number of nitrogens with zero attached hydrogens (tertiary/aromatic N) is 1. The van der Waals surface area contributed by atoms with Crippen molar-refractivity contribution in [2.75, 3.05) is 0 Å². The van der Waals surface area contributed by atoms with Crippen LogP contribution in [0.5, 0.6) is 0 Å². The third-order valence-corrected chi connectivity index (χ3v) is 5.18. The maximum Gasteiger partial charge on any atom is 0.0336 e. The summed E-state index contributed by atoms with van der Waals surface area (Å²) in [6.07, 6.45) is 10.1. The topological polar surface area (TPSA) is 30.9 Å². The molecule has 0 spiro atoms. The minimum atomic E-state index is 0.237. The smallest absolute Gasteiger partial charge is 0.0336 e. The molecule has 0 amide bonds. The molecule has 1 heterocycles. The standard InChI is InChI=1S/C17H28N2/c1-12-5-4-6-13(9-12)19-8-7-14-15(18)10-17(2,3)11-16(14)19/h7-8,12-13,15H,4-6,9-11,18H2,1-3H3. The van der Waals surface area contributed by atoms with Crippen LogP contribution in [0.2, 0.25) is 0 Å². The first-order valence-corrected chi connectivity index (χ1v) is 7.91. The predicted octanol–water partition coefficient (Wildman–Crippen LogP) is 4.21. The third kappa shape index (κ3) is 2.47. The first kappa shape index (κ1) is 13.2. The Balaban J connectivity index is 1.92. The Hall–Kier alpha value is -0.760. The fourth-order valence-corrected chi connectivity index (χ4v) is 4.25. The predicted molar refractivity (Wildman–Crippen MR) is 80.1 cm³/mol. The SMILES string of the molecule is CC1CCCC(n2ccc3c2CC(C)(C)CC3N)C1. The van der Waals surface area contributed by atoms with E-state index in [-0.39, 0.29) is 6.04 Å². The van der Waals surface area contributed by atoms with E-state index in [9.17, 15) is 0 Å². The van der Waals surface area contributed by atoms with Crippen LogP contribution in [-0.4, -0.2) is 4.57 Å². The summed E-state index contributed by atoms with van der Waals surface area (Å²) in [6, 6.07) is 3.24. The first-order chi connectivity index (χ1) is 8.96. The summed E-state index contributed by atoms with van der Waals surface area (Å²) in [5, 5.41) is 0. The highest BCUT2D eigenvalue weighted by Crippen LogP contribution is 2.42. The van der Waals surface area contributed by atoms with Gasteiger partial charge in [0.1, 0.15) is 0 Å². The van der Waals surface area contributed by atoms with Crippen molar-refractivity contribution in [2.45, 2.75) is 71.4 Å². The van der Waals surface area contributed by atoms with Gasteiger partial charge in [-0.25, -0.2) is 0 Å². The van der Waals surface area contributed by atoms with Crippen molar-refractivity contribution in [1.29, 1.82) is 0 Å². The van der Waals surface area contributed by atoms with Gasteiger partial charge >= 0.3 is 0 Å². The molecule has 2 aliphatic rings. The van der Waals surface area contributed by atoms with Gasteiger partial charge in [-0.1, -0.05) is 33.6 Å². The van der Waals surface area contributed by atoms with E-state index < -0.39 is 0 Å².